The molecule has 0 radical (unpaired) electrons. The van der Waals surface area contributed by atoms with Crippen molar-refractivity contribution in [2.24, 2.45) is 5.29 Å². The number of ether oxygens (including phenoxy) is 3. The zero-order chi connectivity index (χ0) is 28.0. The van der Waals surface area contributed by atoms with Gasteiger partial charge in [-0.2, -0.15) is 5.01 Å². The predicted molar refractivity (Wildman–Crippen MR) is 125 cm³/mol. The quantitative estimate of drug-likeness (QED) is 0.0842. The summed E-state index contributed by atoms with van der Waals surface area (Å²) < 4.78 is 16.6. The van der Waals surface area contributed by atoms with Crippen LogP contribution in [0.15, 0.2) is 29.8 Å². The Kier molecular flexibility index (Phi) is 11.1. The number of aliphatic hydroxyl groups is 7. The number of urea groups is 1. The van der Waals surface area contributed by atoms with Gasteiger partial charge in [-0.1, -0.05) is 0 Å². The Morgan fingerprint density at radius 3 is 2.21 bits per heavy atom. The summed E-state index contributed by atoms with van der Waals surface area (Å²) in [4.78, 5) is 29.3. The molecular weight excluding hydrogens is 536 g/mol. The highest BCUT2D eigenvalue weighted by atomic mass is 35.5. The fourth-order valence-electron chi connectivity index (χ4n) is 4.18. The van der Waals surface area contributed by atoms with Crippen LogP contribution in [0, 0.1) is 4.91 Å². The number of nitrogens with zero attached hydrogens (tertiary/aromatic N) is 4. The van der Waals surface area contributed by atoms with Crippen LogP contribution in [0.3, 0.4) is 0 Å². The van der Waals surface area contributed by atoms with Crippen LogP contribution in [-0.4, -0.2) is 144 Å². The summed E-state index contributed by atoms with van der Waals surface area (Å²) in [7, 11) is 0. The Morgan fingerprint density at radius 1 is 0.974 bits per heavy atom. The van der Waals surface area contributed by atoms with Gasteiger partial charge in [0.1, 0.15) is 48.8 Å². The molecule has 1 unspecified atom stereocenters. The largest absolute Gasteiger partial charge is 0.394 e. The monoisotopic (exact) mass is 566 g/mol. The van der Waals surface area contributed by atoms with Crippen LogP contribution in [0.1, 0.15) is 5.56 Å². The molecule has 214 valence electrons. The normalized spacial score (nSPS) is 35.5. The molecule has 0 bridgehead atoms. The highest BCUT2D eigenvalue weighted by Gasteiger charge is 2.52. The lowest BCUT2D eigenvalue weighted by atomic mass is 9.96. The van der Waals surface area contributed by atoms with Crippen molar-refractivity contribution in [3.05, 3.63) is 35.0 Å². The number of aromatic nitrogens is 1. The second-order valence-electron chi connectivity index (χ2n) is 8.69. The molecule has 2 aliphatic heterocycles. The summed E-state index contributed by atoms with van der Waals surface area (Å²) in [5, 5.41) is 74.7. The van der Waals surface area contributed by atoms with Crippen LogP contribution in [-0.2, 0) is 20.8 Å². The molecule has 17 heteroatoms. The molecule has 2 saturated heterocycles. The minimum Gasteiger partial charge on any atom is -0.394 e. The summed E-state index contributed by atoms with van der Waals surface area (Å²) in [6.45, 7) is -2.05. The van der Waals surface area contributed by atoms with Crippen LogP contribution >= 0.6 is 11.6 Å². The molecule has 0 aliphatic carbocycles. The van der Waals surface area contributed by atoms with E-state index in [2.05, 4.69) is 10.3 Å². The Hall–Kier alpha value is -2.09. The third-order valence-electron chi connectivity index (χ3n) is 6.25. The first-order chi connectivity index (χ1) is 18.2. The topological polar surface area (TPSA) is 235 Å². The minimum absolute atomic E-state index is 0.133. The van der Waals surface area contributed by atoms with Gasteiger partial charge >= 0.3 is 6.03 Å². The number of carbonyl (C=O) groups excluding carboxylic acids is 1. The van der Waals surface area contributed by atoms with Crippen LogP contribution in [0.2, 0.25) is 0 Å². The molecule has 0 saturated carbocycles. The van der Waals surface area contributed by atoms with E-state index >= 15 is 0 Å². The van der Waals surface area contributed by atoms with Gasteiger partial charge in [0, 0.05) is 18.3 Å². The summed E-state index contributed by atoms with van der Waals surface area (Å²) in [5.74, 6) is -0.133. The fourth-order valence-corrected chi connectivity index (χ4v) is 4.34. The number of amides is 2. The summed E-state index contributed by atoms with van der Waals surface area (Å²) in [6.07, 6.45) is -13.8. The number of nitroso groups, excluding NO2 is 1. The van der Waals surface area contributed by atoms with E-state index in [0.717, 1.165) is 4.90 Å². The summed E-state index contributed by atoms with van der Waals surface area (Å²) in [6, 6.07) is 2.10. The van der Waals surface area contributed by atoms with Crippen molar-refractivity contribution < 1.29 is 54.8 Å². The Balaban J connectivity index is 1.86. The van der Waals surface area contributed by atoms with E-state index in [-0.39, 0.29) is 19.0 Å². The smallest absolute Gasteiger partial charge is 0.345 e. The zero-order valence-electron chi connectivity index (χ0n) is 20.0. The lowest BCUT2D eigenvalue weighted by Gasteiger charge is -2.48. The second-order valence-corrected chi connectivity index (χ2v) is 9.06. The molecule has 0 spiro atoms. The number of alkyl halides is 1. The Labute approximate surface area is 221 Å². The van der Waals surface area contributed by atoms with Crippen LogP contribution in [0.4, 0.5) is 4.79 Å². The zero-order valence-corrected chi connectivity index (χ0v) is 20.7. The van der Waals surface area contributed by atoms with Crippen molar-refractivity contribution in [3.63, 3.8) is 0 Å². The van der Waals surface area contributed by atoms with Crippen molar-refractivity contribution in [2.45, 2.75) is 67.9 Å². The molecule has 3 rings (SSSR count). The first kappa shape index (κ1) is 30.5. The first-order valence-electron chi connectivity index (χ1n) is 11.6. The van der Waals surface area contributed by atoms with Crippen molar-refractivity contribution in [2.75, 3.05) is 25.6 Å². The molecule has 1 aromatic rings. The third kappa shape index (κ3) is 6.54. The summed E-state index contributed by atoms with van der Waals surface area (Å²) in [5.41, 5.74) is 0.510. The molecule has 38 heavy (non-hydrogen) atoms. The maximum absolute atomic E-state index is 13.2. The molecular formula is C21H31ClN4O12. The number of pyridine rings is 1. The van der Waals surface area contributed by atoms with E-state index in [1.165, 1.54) is 12.4 Å². The number of carbonyl (C=O) groups is 1. The maximum atomic E-state index is 13.2. The fraction of sp³-hybridized carbons (Fsp3) is 0.714. The average molecular weight is 567 g/mol. The van der Waals surface area contributed by atoms with Crippen LogP contribution < -0.4 is 0 Å². The molecule has 0 aromatic carbocycles. The van der Waals surface area contributed by atoms with Crippen molar-refractivity contribution in [3.8, 4) is 0 Å². The van der Waals surface area contributed by atoms with Crippen LogP contribution in [0.25, 0.3) is 0 Å². The highest BCUT2D eigenvalue weighted by Crippen LogP contribution is 2.31. The molecule has 10 atom stereocenters. The van der Waals surface area contributed by atoms with E-state index in [9.17, 15) is 45.4 Å². The van der Waals surface area contributed by atoms with E-state index < -0.39 is 80.6 Å². The average Bonchev–Trinajstić information content (AvgIpc) is 2.93. The minimum atomic E-state index is -1.89. The molecule has 2 amide bonds. The van der Waals surface area contributed by atoms with Gasteiger partial charge < -0.3 is 50.0 Å². The Bertz CT molecular complexity index is 902. The van der Waals surface area contributed by atoms with Gasteiger partial charge in [0.2, 0.25) is 0 Å². The Morgan fingerprint density at radius 2 is 1.63 bits per heavy atom. The molecule has 2 aliphatic rings. The van der Waals surface area contributed by atoms with Gasteiger partial charge in [0.05, 0.1) is 31.6 Å². The van der Waals surface area contributed by atoms with Gasteiger partial charge in [0.25, 0.3) is 0 Å². The molecule has 2 fully saturated rings. The number of aliphatic hydroxyl groups excluding tert-OH is 7. The lowest BCUT2D eigenvalue weighted by Crippen LogP contribution is -2.67. The van der Waals surface area contributed by atoms with E-state index in [0.29, 0.717) is 10.6 Å². The van der Waals surface area contributed by atoms with E-state index in [1.54, 1.807) is 12.1 Å². The third-order valence-corrected chi connectivity index (χ3v) is 6.42. The molecule has 16 nitrogen and oxygen atoms in total. The van der Waals surface area contributed by atoms with E-state index in [4.69, 9.17) is 25.8 Å². The van der Waals surface area contributed by atoms with Gasteiger partial charge in [-0.15, -0.1) is 16.5 Å². The maximum Gasteiger partial charge on any atom is 0.345 e. The molecule has 7 N–H and O–H groups in total. The number of halogens is 1. The van der Waals surface area contributed by atoms with Gasteiger partial charge in [-0.05, 0) is 17.7 Å². The standard InChI is InChI=1S/C21H31ClN4O12/c22-3-6-26(24-35)21(34)25(7-10-1-4-23-5-2-10)19-16(32)15(31)18(12(9-28)36-19)38-20-17(33)14(30)13(29)11(8-27)37-20/h1-2,4-5,11-20,27-33H,3,6-9H2/t11-,12-,13-,14+,15-,16-,17-,18-,19?,20-/m1/s1. The van der Waals surface area contributed by atoms with Crippen LogP contribution in [0.5, 0.6) is 0 Å². The number of hydrogen-bond acceptors (Lipinski definition) is 14. The second kappa shape index (κ2) is 13.8. The van der Waals surface area contributed by atoms with Gasteiger partial charge in [-0.25, -0.2) is 4.79 Å². The lowest BCUT2D eigenvalue weighted by molar-refractivity contribution is -0.347. The molecule has 3 heterocycles. The first-order valence-corrected chi connectivity index (χ1v) is 12.2. The summed E-state index contributed by atoms with van der Waals surface area (Å²) >= 11 is 5.66. The van der Waals surface area contributed by atoms with Crippen molar-refractivity contribution in [1.29, 1.82) is 0 Å². The number of rotatable bonds is 10. The van der Waals surface area contributed by atoms with Gasteiger partial charge in [0.15, 0.2) is 12.5 Å². The van der Waals surface area contributed by atoms with Crippen molar-refractivity contribution >= 4 is 17.6 Å². The van der Waals surface area contributed by atoms with Crippen molar-refractivity contribution in [1.82, 2.24) is 14.9 Å². The highest BCUT2D eigenvalue weighted by molar-refractivity contribution is 6.18. The van der Waals surface area contributed by atoms with Gasteiger partial charge in [-0.3, -0.25) is 9.88 Å². The SMILES string of the molecule is O=NN(CCCl)C(=O)N(Cc1ccncc1)C1O[C@H](CO)[C@@H](O[C@H]2O[C@H](CO)[C@@H](O)[C@H](O)[C@H]2O)[C@H](O)[C@H]1O. The van der Waals surface area contributed by atoms with E-state index in [1.807, 2.05) is 0 Å². The molecule has 1 aromatic heterocycles. The number of hydrogen-bond donors (Lipinski definition) is 7. The predicted octanol–water partition coefficient (Wildman–Crippen LogP) is -3.15.